The average molecular weight is 335 g/mol. The smallest absolute Gasteiger partial charge is 0.339 e. The van der Waals surface area contributed by atoms with E-state index in [2.05, 4.69) is 19.9 Å². The monoisotopic (exact) mass is 335 g/mol. The van der Waals surface area contributed by atoms with Crippen molar-refractivity contribution in [3.63, 3.8) is 0 Å². The molecule has 3 heterocycles. The van der Waals surface area contributed by atoms with E-state index in [-0.39, 0.29) is 5.56 Å². The van der Waals surface area contributed by atoms with Crippen LogP contribution in [0.1, 0.15) is 10.4 Å². The summed E-state index contributed by atoms with van der Waals surface area (Å²) in [5, 5.41) is 10.4. The Kier molecular flexibility index (Phi) is 3.89. The highest BCUT2D eigenvalue weighted by atomic mass is 16.4. The van der Waals surface area contributed by atoms with Gasteiger partial charge in [0.1, 0.15) is 11.4 Å². The first-order chi connectivity index (χ1) is 12.2. The largest absolute Gasteiger partial charge is 0.478 e. The number of para-hydroxylation sites is 1. The minimum atomic E-state index is -0.956. The number of aromatic nitrogens is 3. The number of nitrogens with zero attached hydrogens (tertiary/aromatic N) is 5. The Morgan fingerprint density at radius 1 is 0.960 bits per heavy atom. The fraction of sp³-hybridized carbons (Fsp3) is 0.222. The van der Waals surface area contributed by atoms with E-state index in [0.717, 1.165) is 24.0 Å². The van der Waals surface area contributed by atoms with Crippen molar-refractivity contribution >= 4 is 28.6 Å². The second-order valence-electron chi connectivity index (χ2n) is 5.88. The van der Waals surface area contributed by atoms with Crippen LogP contribution in [0.2, 0.25) is 0 Å². The Bertz CT molecular complexity index is 908. The molecule has 4 rings (SSSR count). The van der Waals surface area contributed by atoms with Gasteiger partial charge in [-0.15, -0.1) is 0 Å². The van der Waals surface area contributed by atoms with E-state index in [1.54, 1.807) is 24.5 Å². The van der Waals surface area contributed by atoms with Gasteiger partial charge in [0.05, 0.1) is 5.52 Å². The predicted octanol–water partition coefficient (Wildman–Crippen LogP) is 2.05. The third-order valence-corrected chi connectivity index (χ3v) is 4.35. The number of anilines is 2. The van der Waals surface area contributed by atoms with Crippen LogP contribution in [0.15, 0.2) is 48.8 Å². The number of hydrogen-bond acceptors (Lipinski definition) is 6. The van der Waals surface area contributed by atoms with Crippen LogP contribution in [0.3, 0.4) is 0 Å². The molecule has 1 saturated heterocycles. The fourth-order valence-electron chi connectivity index (χ4n) is 3.08. The summed E-state index contributed by atoms with van der Waals surface area (Å²) >= 11 is 0. The molecular weight excluding hydrogens is 318 g/mol. The van der Waals surface area contributed by atoms with Crippen molar-refractivity contribution in [2.45, 2.75) is 0 Å². The third-order valence-electron chi connectivity index (χ3n) is 4.35. The lowest BCUT2D eigenvalue weighted by Gasteiger charge is -2.35. The first-order valence-electron chi connectivity index (χ1n) is 8.12. The molecule has 25 heavy (non-hydrogen) atoms. The summed E-state index contributed by atoms with van der Waals surface area (Å²) in [6.07, 6.45) is 3.45. The van der Waals surface area contributed by atoms with Crippen molar-refractivity contribution in [1.82, 2.24) is 15.0 Å². The SMILES string of the molecule is O=C(O)c1cc2ccccc2nc1N1CCN(c2ncccn2)CC1. The van der Waals surface area contributed by atoms with Crippen LogP contribution in [0.25, 0.3) is 10.9 Å². The molecule has 0 spiro atoms. The summed E-state index contributed by atoms with van der Waals surface area (Å²) in [5.74, 6) is 0.272. The molecule has 0 saturated carbocycles. The molecular formula is C18H17N5O2. The summed E-state index contributed by atoms with van der Waals surface area (Å²) in [6, 6.07) is 11.1. The summed E-state index contributed by atoms with van der Waals surface area (Å²) in [7, 11) is 0. The highest BCUT2D eigenvalue weighted by Gasteiger charge is 2.24. The third kappa shape index (κ3) is 2.96. The van der Waals surface area contributed by atoms with Crippen molar-refractivity contribution in [1.29, 1.82) is 0 Å². The highest BCUT2D eigenvalue weighted by Crippen LogP contribution is 2.25. The van der Waals surface area contributed by atoms with Gasteiger partial charge in [-0.25, -0.2) is 19.7 Å². The van der Waals surface area contributed by atoms with Gasteiger partial charge in [-0.05, 0) is 18.2 Å². The standard InChI is InChI=1S/C18H17N5O2/c24-17(25)14-12-13-4-1-2-5-15(13)21-16(14)22-8-10-23(11-9-22)18-19-6-3-7-20-18/h1-7,12H,8-11H2,(H,24,25). The Hall–Kier alpha value is -3.22. The summed E-state index contributed by atoms with van der Waals surface area (Å²) in [6.45, 7) is 2.78. The van der Waals surface area contributed by atoms with Crippen LogP contribution in [0, 0.1) is 0 Å². The van der Waals surface area contributed by atoms with Crippen LogP contribution in [0.4, 0.5) is 11.8 Å². The van der Waals surface area contributed by atoms with Gasteiger partial charge in [0.25, 0.3) is 0 Å². The Morgan fingerprint density at radius 2 is 1.64 bits per heavy atom. The zero-order chi connectivity index (χ0) is 17.2. The van der Waals surface area contributed by atoms with E-state index in [9.17, 15) is 9.90 Å². The Morgan fingerprint density at radius 3 is 2.36 bits per heavy atom. The Balaban J connectivity index is 1.62. The van der Waals surface area contributed by atoms with Gasteiger partial charge >= 0.3 is 5.97 Å². The van der Waals surface area contributed by atoms with Crippen LogP contribution >= 0.6 is 0 Å². The van der Waals surface area contributed by atoms with Crippen LogP contribution in [-0.2, 0) is 0 Å². The number of rotatable bonds is 3. The van der Waals surface area contributed by atoms with Gasteiger partial charge < -0.3 is 14.9 Å². The molecule has 126 valence electrons. The number of hydrogen-bond donors (Lipinski definition) is 1. The van der Waals surface area contributed by atoms with Crippen LogP contribution in [-0.4, -0.2) is 52.2 Å². The van der Waals surface area contributed by atoms with E-state index in [0.29, 0.717) is 24.9 Å². The molecule has 7 nitrogen and oxygen atoms in total. The molecule has 1 aliphatic rings. The van der Waals surface area contributed by atoms with E-state index < -0.39 is 5.97 Å². The molecule has 1 fully saturated rings. The number of carbonyl (C=O) groups is 1. The fourth-order valence-corrected chi connectivity index (χ4v) is 3.08. The van der Waals surface area contributed by atoms with Crippen molar-refractivity contribution < 1.29 is 9.90 Å². The van der Waals surface area contributed by atoms with Crippen molar-refractivity contribution in [3.05, 3.63) is 54.4 Å². The molecule has 1 N–H and O–H groups in total. The molecule has 7 heteroatoms. The maximum Gasteiger partial charge on any atom is 0.339 e. The van der Waals surface area contributed by atoms with Gasteiger partial charge in [-0.1, -0.05) is 18.2 Å². The number of benzene rings is 1. The zero-order valence-corrected chi connectivity index (χ0v) is 13.5. The van der Waals surface area contributed by atoms with Crippen LogP contribution < -0.4 is 9.80 Å². The number of fused-ring (bicyclic) bond motifs is 1. The van der Waals surface area contributed by atoms with E-state index in [1.807, 2.05) is 29.2 Å². The van der Waals surface area contributed by atoms with E-state index >= 15 is 0 Å². The zero-order valence-electron chi connectivity index (χ0n) is 13.5. The lowest BCUT2D eigenvalue weighted by molar-refractivity contribution is 0.0697. The van der Waals surface area contributed by atoms with E-state index in [1.165, 1.54) is 0 Å². The number of carboxylic acids is 1. The molecule has 0 amide bonds. The number of aromatic carboxylic acids is 1. The quantitative estimate of drug-likeness (QED) is 0.784. The maximum absolute atomic E-state index is 11.7. The number of pyridine rings is 1. The summed E-state index contributed by atoms with van der Waals surface area (Å²) in [5.41, 5.74) is 1.04. The summed E-state index contributed by atoms with van der Waals surface area (Å²) < 4.78 is 0. The topological polar surface area (TPSA) is 82.5 Å². The van der Waals surface area contributed by atoms with Gasteiger partial charge in [-0.3, -0.25) is 0 Å². The lowest BCUT2D eigenvalue weighted by Crippen LogP contribution is -2.47. The van der Waals surface area contributed by atoms with Crippen LogP contribution in [0.5, 0.6) is 0 Å². The molecule has 0 aliphatic carbocycles. The normalized spacial score (nSPS) is 14.7. The molecule has 0 atom stereocenters. The molecule has 2 aromatic heterocycles. The molecule has 0 bridgehead atoms. The molecule has 1 aromatic carbocycles. The highest BCUT2D eigenvalue weighted by molar-refractivity contribution is 5.98. The predicted molar refractivity (Wildman–Crippen MR) is 95.2 cm³/mol. The van der Waals surface area contributed by atoms with Gasteiger partial charge in [-0.2, -0.15) is 0 Å². The van der Waals surface area contributed by atoms with Gasteiger partial charge in [0.15, 0.2) is 0 Å². The first-order valence-corrected chi connectivity index (χ1v) is 8.12. The molecule has 1 aliphatic heterocycles. The number of piperazine rings is 1. The molecule has 0 radical (unpaired) electrons. The second kappa shape index (κ2) is 6.35. The minimum absolute atomic E-state index is 0.239. The Labute approximate surface area is 144 Å². The van der Waals surface area contributed by atoms with E-state index in [4.69, 9.17) is 0 Å². The van der Waals surface area contributed by atoms with Gasteiger partial charge in [0, 0.05) is 44.0 Å². The average Bonchev–Trinajstić information content (AvgIpc) is 2.68. The minimum Gasteiger partial charge on any atom is -0.478 e. The lowest BCUT2D eigenvalue weighted by atomic mass is 10.1. The molecule has 0 unspecified atom stereocenters. The molecule has 3 aromatic rings. The van der Waals surface area contributed by atoms with Gasteiger partial charge in [0.2, 0.25) is 5.95 Å². The second-order valence-corrected chi connectivity index (χ2v) is 5.88. The van der Waals surface area contributed by atoms with Crippen molar-refractivity contribution in [3.8, 4) is 0 Å². The van der Waals surface area contributed by atoms with Crippen molar-refractivity contribution in [2.24, 2.45) is 0 Å². The maximum atomic E-state index is 11.7. The summed E-state index contributed by atoms with van der Waals surface area (Å²) in [4.78, 5) is 29.0. The van der Waals surface area contributed by atoms with Crippen molar-refractivity contribution in [2.75, 3.05) is 36.0 Å². The first kappa shape index (κ1) is 15.3. The number of carboxylic acid groups (broad SMARTS) is 1.